The molecule has 5 nitrogen and oxygen atoms in total. The maximum absolute atomic E-state index is 10.6. The maximum Gasteiger partial charge on any atom is 0.139 e. The summed E-state index contributed by atoms with van der Waals surface area (Å²) in [5.74, 6) is 0. The van der Waals surface area contributed by atoms with Crippen LogP contribution in [0.25, 0.3) is 0 Å². The van der Waals surface area contributed by atoms with Gasteiger partial charge >= 0.3 is 0 Å². The third kappa shape index (κ3) is 3.00. The first-order valence-corrected chi connectivity index (χ1v) is 6.88. The molecule has 0 spiro atoms. The van der Waals surface area contributed by atoms with Gasteiger partial charge in [0.05, 0.1) is 35.8 Å². The van der Waals surface area contributed by atoms with Gasteiger partial charge in [0.1, 0.15) is 6.10 Å². The van der Waals surface area contributed by atoms with Crippen LogP contribution in [0.4, 0.5) is 0 Å². The summed E-state index contributed by atoms with van der Waals surface area (Å²) < 4.78 is 6.70. The summed E-state index contributed by atoms with van der Waals surface area (Å²) in [4.78, 5) is 4.29. The van der Waals surface area contributed by atoms with Crippen molar-refractivity contribution in [2.45, 2.75) is 26.0 Å². The lowest BCUT2D eigenvalue weighted by atomic mass is 10.0. The standard InChI is InChI=1S/C14H18ClN3O2/c1-3-10-5-4-6-16-12(10)14(19)13-11(15)9-17-18(13)7-8-20-2/h4-6,9,14,19H,3,7-8H2,1-2H3. The van der Waals surface area contributed by atoms with Gasteiger partial charge in [-0.15, -0.1) is 0 Å². The molecule has 2 aromatic heterocycles. The number of aliphatic hydroxyl groups is 1. The van der Waals surface area contributed by atoms with Gasteiger partial charge in [0.25, 0.3) is 0 Å². The molecule has 0 amide bonds. The zero-order chi connectivity index (χ0) is 14.5. The minimum Gasteiger partial charge on any atom is -0.383 e. The Labute approximate surface area is 123 Å². The van der Waals surface area contributed by atoms with Crippen LogP contribution in [-0.2, 0) is 17.7 Å². The molecule has 20 heavy (non-hydrogen) atoms. The summed E-state index contributed by atoms with van der Waals surface area (Å²) >= 11 is 6.15. The summed E-state index contributed by atoms with van der Waals surface area (Å²) in [6.07, 6.45) is 3.11. The topological polar surface area (TPSA) is 60.2 Å². The van der Waals surface area contributed by atoms with E-state index in [4.69, 9.17) is 16.3 Å². The van der Waals surface area contributed by atoms with E-state index in [-0.39, 0.29) is 0 Å². The Bertz CT molecular complexity index is 571. The van der Waals surface area contributed by atoms with E-state index in [1.165, 1.54) is 6.20 Å². The highest BCUT2D eigenvalue weighted by atomic mass is 35.5. The number of aliphatic hydroxyl groups excluding tert-OH is 1. The number of halogens is 1. The van der Waals surface area contributed by atoms with Gasteiger partial charge in [-0.2, -0.15) is 5.10 Å². The Morgan fingerprint density at radius 2 is 2.30 bits per heavy atom. The first-order valence-electron chi connectivity index (χ1n) is 6.51. The first kappa shape index (κ1) is 15.0. The van der Waals surface area contributed by atoms with Gasteiger partial charge in [0.2, 0.25) is 0 Å². The number of ether oxygens (including phenoxy) is 1. The second-order valence-corrected chi connectivity index (χ2v) is 4.80. The molecule has 0 aliphatic rings. The highest BCUT2D eigenvalue weighted by Crippen LogP contribution is 2.29. The second-order valence-electron chi connectivity index (χ2n) is 4.40. The van der Waals surface area contributed by atoms with E-state index in [1.54, 1.807) is 18.0 Å². The van der Waals surface area contributed by atoms with Crippen LogP contribution in [0, 0.1) is 0 Å². The fourth-order valence-electron chi connectivity index (χ4n) is 2.13. The summed E-state index contributed by atoms with van der Waals surface area (Å²) in [6.45, 7) is 3.06. The van der Waals surface area contributed by atoms with Gasteiger partial charge in [-0.1, -0.05) is 24.6 Å². The number of hydrogen-bond donors (Lipinski definition) is 1. The van der Waals surface area contributed by atoms with E-state index >= 15 is 0 Å². The molecule has 108 valence electrons. The number of aryl methyl sites for hydroxylation is 1. The molecule has 2 rings (SSSR count). The molecule has 0 aliphatic heterocycles. The van der Waals surface area contributed by atoms with Crippen molar-refractivity contribution in [1.82, 2.24) is 14.8 Å². The highest BCUT2D eigenvalue weighted by molar-refractivity contribution is 6.31. The van der Waals surface area contributed by atoms with Crippen LogP contribution in [0.1, 0.15) is 30.0 Å². The van der Waals surface area contributed by atoms with E-state index in [0.717, 1.165) is 12.0 Å². The van der Waals surface area contributed by atoms with Crippen LogP contribution in [0.2, 0.25) is 5.02 Å². The first-order chi connectivity index (χ1) is 9.69. The van der Waals surface area contributed by atoms with Crippen molar-refractivity contribution in [2.24, 2.45) is 0 Å². The van der Waals surface area contributed by atoms with E-state index in [0.29, 0.717) is 29.6 Å². The third-order valence-corrected chi connectivity index (χ3v) is 3.46. The Morgan fingerprint density at radius 1 is 1.50 bits per heavy atom. The van der Waals surface area contributed by atoms with E-state index < -0.39 is 6.10 Å². The number of hydrogen-bond acceptors (Lipinski definition) is 4. The van der Waals surface area contributed by atoms with Crippen LogP contribution < -0.4 is 0 Å². The van der Waals surface area contributed by atoms with Gasteiger partial charge in [-0.3, -0.25) is 9.67 Å². The van der Waals surface area contributed by atoms with Crippen molar-refractivity contribution in [3.05, 3.63) is 46.5 Å². The number of nitrogens with zero attached hydrogens (tertiary/aromatic N) is 3. The van der Waals surface area contributed by atoms with Crippen LogP contribution in [0.5, 0.6) is 0 Å². The SMILES string of the molecule is CCc1cccnc1C(O)c1c(Cl)cnn1CCOC. The fraction of sp³-hybridized carbons (Fsp3) is 0.429. The van der Waals surface area contributed by atoms with Gasteiger partial charge < -0.3 is 9.84 Å². The van der Waals surface area contributed by atoms with E-state index in [1.807, 2.05) is 19.1 Å². The van der Waals surface area contributed by atoms with Crippen LogP contribution in [-0.4, -0.2) is 33.6 Å². The summed E-state index contributed by atoms with van der Waals surface area (Å²) in [5.41, 5.74) is 2.17. The fourth-order valence-corrected chi connectivity index (χ4v) is 2.37. The Hall–Kier alpha value is -1.43. The molecule has 0 bridgehead atoms. The van der Waals surface area contributed by atoms with Gasteiger partial charge in [0.15, 0.2) is 0 Å². The normalized spacial score (nSPS) is 12.6. The van der Waals surface area contributed by atoms with Crippen molar-refractivity contribution in [3.63, 3.8) is 0 Å². The molecule has 0 radical (unpaired) electrons. The molecule has 0 saturated carbocycles. The highest BCUT2D eigenvalue weighted by Gasteiger charge is 2.22. The Kier molecular flexibility index (Phi) is 5.11. The van der Waals surface area contributed by atoms with Gasteiger partial charge in [0, 0.05) is 13.3 Å². The predicted octanol–water partition coefficient (Wildman–Crippen LogP) is 2.22. The zero-order valence-electron chi connectivity index (χ0n) is 11.6. The summed E-state index contributed by atoms with van der Waals surface area (Å²) in [7, 11) is 1.62. The van der Waals surface area contributed by atoms with Crippen molar-refractivity contribution in [1.29, 1.82) is 0 Å². The number of pyridine rings is 1. The minimum absolute atomic E-state index is 0.432. The molecular weight excluding hydrogens is 278 g/mol. The molecule has 1 N–H and O–H groups in total. The number of methoxy groups -OCH3 is 1. The molecule has 0 aliphatic carbocycles. The third-order valence-electron chi connectivity index (χ3n) is 3.17. The molecule has 0 saturated heterocycles. The quantitative estimate of drug-likeness (QED) is 0.888. The molecule has 1 unspecified atom stereocenters. The molecule has 0 fully saturated rings. The number of aromatic nitrogens is 3. The summed E-state index contributed by atoms with van der Waals surface area (Å²) in [5, 5.41) is 15.2. The van der Waals surface area contributed by atoms with E-state index in [2.05, 4.69) is 10.1 Å². The Balaban J connectivity index is 2.37. The average Bonchev–Trinajstić information content (AvgIpc) is 2.85. The molecule has 2 aromatic rings. The minimum atomic E-state index is -0.891. The smallest absolute Gasteiger partial charge is 0.139 e. The lowest BCUT2D eigenvalue weighted by molar-refractivity contribution is 0.170. The van der Waals surface area contributed by atoms with Crippen molar-refractivity contribution >= 4 is 11.6 Å². The van der Waals surface area contributed by atoms with Crippen LogP contribution in [0.3, 0.4) is 0 Å². The molecule has 0 aromatic carbocycles. The monoisotopic (exact) mass is 295 g/mol. The van der Waals surface area contributed by atoms with Crippen molar-refractivity contribution < 1.29 is 9.84 Å². The van der Waals surface area contributed by atoms with Crippen molar-refractivity contribution in [2.75, 3.05) is 13.7 Å². The largest absolute Gasteiger partial charge is 0.383 e. The van der Waals surface area contributed by atoms with Crippen LogP contribution in [0.15, 0.2) is 24.5 Å². The summed E-state index contributed by atoms with van der Waals surface area (Å²) in [6, 6.07) is 3.81. The predicted molar refractivity (Wildman–Crippen MR) is 76.8 cm³/mol. The lowest BCUT2D eigenvalue weighted by Crippen LogP contribution is -2.15. The average molecular weight is 296 g/mol. The molecule has 1 atom stereocenters. The van der Waals surface area contributed by atoms with Crippen molar-refractivity contribution in [3.8, 4) is 0 Å². The lowest BCUT2D eigenvalue weighted by Gasteiger charge is -2.16. The molecule has 2 heterocycles. The molecule has 6 heteroatoms. The molecular formula is C14H18ClN3O2. The second kappa shape index (κ2) is 6.83. The van der Waals surface area contributed by atoms with E-state index in [9.17, 15) is 5.11 Å². The van der Waals surface area contributed by atoms with Gasteiger partial charge in [-0.05, 0) is 18.1 Å². The van der Waals surface area contributed by atoms with Crippen LogP contribution >= 0.6 is 11.6 Å². The van der Waals surface area contributed by atoms with Gasteiger partial charge in [-0.25, -0.2) is 0 Å². The zero-order valence-corrected chi connectivity index (χ0v) is 12.3. The Morgan fingerprint density at radius 3 is 3.00 bits per heavy atom. The maximum atomic E-state index is 10.6. The number of rotatable bonds is 6.